The highest BCUT2D eigenvalue weighted by molar-refractivity contribution is 5.75. The van der Waals surface area contributed by atoms with E-state index in [9.17, 15) is 0 Å². The molecule has 1 aromatic heterocycles. The van der Waals surface area contributed by atoms with Crippen LogP contribution in [0.5, 0.6) is 0 Å². The molecule has 1 aromatic rings. The lowest BCUT2D eigenvalue weighted by molar-refractivity contribution is 0.534. The third-order valence-corrected chi connectivity index (χ3v) is 9.52. The molecule has 1 heterocycles. The van der Waals surface area contributed by atoms with Crippen LogP contribution in [0.25, 0.3) is 0 Å². The van der Waals surface area contributed by atoms with Crippen LogP contribution >= 0.6 is 0 Å². The number of unbranched alkanes of at least 4 members (excludes halogenated alkanes) is 3. The Balaban J connectivity index is -0.0000000816. The molecule has 0 bridgehead atoms. The van der Waals surface area contributed by atoms with Gasteiger partial charge in [-0.15, -0.1) is 0 Å². The van der Waals surface area contributed by atoms with E-state index in [4.69, 9.17) is 22.9 Å². The molecule has 8 nitrogen and oxygen atoms in total. The molecule has 9 N–H and O–H groups in total. The van der Waals surface area contributed by atoms with Crippen LogP contribution in [-0.4, -0.2) is 35.0 Å². The number of rotatable bonds is 23. The highest BCUT2D eigenvalue weighted by atomic mass is 15.0. The number of nitrogens with one attached hydrogen (secondary N) is 1. The molecule has 8 heteroatoms. The van der Waals surface area contributed by atoms with E-state index in [0.717, 1.165) is 79.7 Å². The smallest absolute Gasteiger partial charge is 0.185 e. The van der Waals surface area contributed by atoms with Gasteiger partial charge in [-0.05, 0) is 78.9 Å². The lowest BCUT2D eigenvalue weighted by Crippen LogP contribution is -2.23. The highest BCUT2D eigenvalue weighted by Gasteiger charge is 1.97. The van der Waals surface area contributed by atoms with Gasteiger partial charge in [0.15, 0.2) is 11.9 Å². The number of imidazole rings is 1. The fraction of sp³-hybridized carbons (Fsp3) is 0.915. The first-order chi connectivity index (χ1) is 30.7. The summed E-state index contributed by atoms with van der Waals surface area (Å²) in [5.41, 5.74) is 21.8. The van der Waals surface area contributed by atoms with Gasteiger partial charge in [-0.25, -0.2) is 4.98 Å². The minimum Gasteiger partial charge on any atom is -0.370 e. The van der Waals surface area contributed by atoms with Gasteiger partial charge in [-0.1, -0.05) is 263 Å². The number of aromatic nitrogens is 2. The number of aromatic amines is 1. The van der Waals surface area contributed by atoms with Crippen LogP contribution in [0.3, 0.4) is 0 Å². The second-order valence-electron chi connectivity index (χ2n) is 21.8. The Hall–Kier alpha value is -2.25. The maximum absolute atomic E-state index is 5.16. The predicted octanol–water partition coefficient (Wildman–Crippen LogP) is 18.7. The third-order valence-electron chi connectivity index (χ3n) is 9.52. The van der Waals surface area contributed by atoms with Gasteiger partial charge in [-0.2, -0.15) is 0 Å². The van der Waals surface area contributed by atoms with Gasteiger partial charge in [0.05, 0.1) is 6.33 Å². The third kappa shape index (κ3) is 139. The van der Waals surface area contributed by atoms with Gasteiger partial charge < -0.3 is 27.9 Å². The highest BCUT2D eigenvalue weighted by Crippen LogP contribution is 2.08. The van der Waals surface area contributed by atoms with Crippen molar-refractivity contribution in [2.24, 2.45) is 86.2 Å². The van der Waals surface area contributed by atoms with E-state index in [1.54, 1.807) is 6.33 Å². The topological polar surface area (TPSA) is 157 Å². The van der Waals surface area contributed by atoms with Crippen molar-refractivity contribution in [2.45, 2.75) is 289 Å². The van der Waals surface area contributed by atoms with Gasteiger partial charge >= 0.3 is 0 Å². The maximum Gasteiger partial charge on any atom is 0.185 e. The van der Waals surface area contributed by atoms with Gasteiger partial charge in [0, 0.05) is 25.0 Å². The summed E-state index contributed by atoms with van der Waals surface area (Å²) in [6.07, 6.45) is 26.9. The van der Waals surface area contributed by atoms with E-state index >= 15 is 0 Å². The largest absolute Gasteiger partial charge is 0.370 e. The zero-order valence-corrected chi connectivity index (χ0v) is 50.1. The number of hydrogen-bond donors (Lipinski definition) is 5. The van der Waals surface area contributed by atoms with E-state index < -0.39 is 0 Å². The lowest BCUT2D eigenvalue weighted by Gasteiger charge is -2.01. The minimum atomic E-state index is 0. The number of aliphatic imine (C=N–C) groups is 2. The Morgan fingerprint density at radius 3 is 0.925 bits per heavy atom. The predicted molar refractivity (Wildman–Crippen MR) is 316 cm³/mol. The molecule has 0 saturated carbocycles. The molecular formula is C59H136N8. The molecule has 1 rings (SSSR count). The molecule has 0 spiro atoms. The summed E-state index contributed by atoms with van der Waals surface area (Å²) in [5, 5.41) is 0. The van der Waals surface area contributed by atoms with Crippen molar-refractivity contribution in [1.29, 1.82) is 0 Å². The molecule has 0 aliphatic heterocycles. The molecular weight excluding hydrogens is 821 g/mol. The van der Waals surface area contributed by atoms with Gasteiger partial charge in [-0.3, -0.25) is 9.98 Å². The molecule has 0 unspecified atom stereocenters. The Morgan fingerprint density at radius 2 is 0.716 bits per heavy atom. The Labute approximate surface area is 426 Å². The van der Waals surface area contributed by atoms with Crippen LogP contribution in [-0.2, 0) is 6.42 Å². The molecule has 67 heavy (non-hydrogen) atoms. The number of H-pyrrole nitrogens is 1. The number of guanidine groups is 2. The van der Waals surface area contributed by atoms with Crippen LogP contribution in [0.4, 0.5) is 0 Å². The average Bonchev–Trinajstić information content (AvgIpc) is 3.70. The van der Waals surface area contributed by atoms with E-state index in [1.807, 2.05) is 6.20 Å². The van der Waals surface area contributed by atoms with Crippen molar-refractivity contribution < 1.29 is 0 Å². The van der Waals surface area contributed by atoms with Crippen LogP contribution < -0.4 is 22.9 Å². The first kappa shape index (κ1) is 84.7. The Morgan fingerprint density at radius 1 is 0.418 bits per heavy atom. The molecule has 0 amide bonds. The summed E-state index contributed by atoms with van der Waals surface area (Å²) in [5.74, 6) is 8.01. The van der Waals surface area contributed by atoms with E-state index in [0.29, 0.717) is 5.92 Å². The number of hydrogen-bond acceptors (Lipinski definition) is 3. The van der Waals surface area contributed by atoms with Crippen molar-refractivity contribution in [1.82, 2.24) is 9.97 Å². The normalized spacial score (nSPS) is 9.93. The summed E-state index contributed by atoms with van der Waals surface area (Å²) in [6.45, 7) is 55.1. The molecule has 0 aromatic carbocycles. The van der Waals surface area contributed by atoms with E-state index in [1.165, 1.54) is 102 Å². The Bertz CT molecular complexity index is 938. The van der Waals surface area contributed by atoms with Gasteiger partial charge in [0.25, 0.3) is 0 Å². The maximum atomic E-state index is 5.16. The SMILES string of the molecule is C.CC(C)CCCCN=C(N)N.CC(C)CCCN=C(N)N.CC(C)Cc1cnc[nH]1.CCC(C)C.CCC(C)C.CCCC(C)C.CCCC(C)C.CCCC(C)C.CCCCCC(C)C. The summed E-state index contributed by atoms with van der Waals surface area (Å²) in [6, 6.07) is 0. The van der Waals surface area contributed by atoms with Crippen LogP contribution in [0.2, 0.25) is 0 Å². The standard InChI is InChI=1S/C8H19N3.C8H18.C7H17N3.C7H12N2.3C6H14.2C5H12.CH4/c1-7(2)5-3-4-6-11-8(9)10;1-4-5-6-7-8(2)3;1-6(2)4-3-5-10-7(8)9;1-6(2)3-7-4-8-5-9-7;3*1-4-5-6(2)3;2*1-4-5(2)3;/h7H,3-6H2,1-2H3,(H4,9,10,11);8H,4-7H2,1-3H3;6H,3-5H2,1-2H3,(H4,8,9,10);4-6H,3H2,1-2H3,(H,8,9);3*6H,4-5H2,1-3H3;2*5H,4H2,1-3H3;1H4. The first-order valence-electron chi connectivity index (χ1n) is 27.7. The average molecular weight is 958 g/mol. The fourth-order valence-corrected chi connectivity index (χ4v) is 4.95. The molecule has 0 fully saturated rings. The molecule has 0 atom stereocenters. The minimum absolute atomic E-state index is 0. The summed E-state index contributed by atoms with van der Waals surface area (Å²) >= 11 is 0. The van der Waals surface area contributed by atoms with E-state index in [2.05, 4.69) is 186 Å². The number of nitrogens with two attached hydrogens (primary N) is 4. The summed E-state index contributed by atoms with van der Waals surface area (Å²) < 4.78 is 0. The molecule has 412 valence electrons. The van der Waals surface area contributed by atoms with Crippen molar-refractivity contribution in [3.05, 3.63) is 18.2 Å². The summed E-state index contributed by atoms with van der Waals surface area (Å²) in [7, 11) is 0. The van der Waals surface area contributed by atoms with Crippen LogP contribution in [0, 0.1) is 53.3 Å². The van der Waals surface area contributed by atoms with Crippen molar-refractivity contribution >= 4 is 11.9 Å². The second kappa shape index (κ2) is 70.3. The van der Waals surface area contributed by atoms with E-state index in [-0.39, 0.29) is 19.3 Å². The zero-order chi connectivity index (χ0) is 53.3. The monoisotopic (exact) mass is 957 g/mol. The van der Waals surface area contributed by atoms with Crippen molar-refractivity contribution in [3.63, 3.8) is 0 Å². The molecule has 0 saturated heterocycles. The molecule has 0 radical (unpaired) electrons. The van der Waals surface area contributed by atoms with Crippen LogP contribution in [0.1, 0.15) is 288 Å². The lowest BCUT2D eigenvalue weighted by atomic mass is 10.1. The quantitative estimate of drug-likeness (QED) is 0.0419. The first-order valence-corrected chi connectivity index (χ1v) is 27.7. The van der Waals surface area contributed by atoms with Gasteiger partial charge in [0.1, 0.15) is 0 Å². The zero-order valence-electron chi connectivity index (χ0n) is 50.1. The van der Waals surface area contributed by atoms with Crippen LogP contribution in [0.15, 0.2) is 22.5 Å². The van der Waals surface area contributed by atoms with Crippen molar-refractivity contribution in [3.8, 4) is 0 Å². The fourth-order valence-electron chi connectivity index (χ4n) is 4.95. The second-order valence-corrected chi connectivity index (χ2v) is 21.8. The number of nitrogens with zero attached hydrogens (tertiary/aromatic N) is 3. The summed E-state index contributed by atoms with van der Waals surface area (Å²) in [4.78, 5) is 14.7. The molecule has 0 aliphatic carbocycles. The Kier molecular flexibility index (Phi) is 88.9. The van der Waals surface area contributed by atoms with Crippen molar-refractivity contribution in [2.75, 3.05) is 13.1 Å². The molecule has 0 aliphatic rings. The van der Waals surface area contributed by atoms with Gasteiger partial charge in [0.2, 0.25) is 0 Å².